The average molecular weight is 204 g/mol. The molecule has 51 valence electrons. The van der Waals surface area contributed by atoms with Crippen molar-refractivity contribution in [1.29, 1.82) is 0 Å². The van der Waals surface area contributed by atoms with Crippen LogP contribution in [0.5, 0.6) is 0 Å². The number of hydrogen-bond donors (Lipinski definition) is 1. The number of amides is 1. The van der Waals surface area contributed by atoms with Crippen LogP contribution < -0.4 is 5.32 Å². The molecule has 0 fully saturated rings. The van der Waals surface area contributed by atoms with Gasteiger partial charge < -0.3 is 14.9 Å². The van der Waals surface area contributed by atoms with Crippen LogP contribution in [0.4, 0.5) is 0 Å². The SMILES string of the molecule is CC[C-]=O.CN[C-]=O.[Y]. The van der Waals surface area contributed by atoms with Crippen LogP contribution in [0.1, 0.15) is 13.3 Å². The van der Waals surface area contributed by atoms with Crippen LogP contribution >= 0.6 is 0 Å². The predicted molar refractivity (Wildman–Crippen MR) is 30.7 cm³/mol. The molecule has 0 aromatic heterocycles. The molecular formula is C5H9NO2Y-2. The van der Waals surface area contributed by atoms with E-state index in [1.807, 2.05) is 0 Å². The fourth-order valence-electron chi connectivity index (χ4n) is 0. The Morgan fingerprint density at radius 1 is 1.44 bits per heavy atom. The van der Waals surface area contributed by atoms with Gasteiger partial charge in [-0.2, -0.15) is 12.8 Å². The van der Waals surface area contributed by atoms with E-state index in [2.05, 4.69) is 5.32 Å². The molecule has 1 amide bonds. The van der Waals surface area contributed by atoms with Gasteiger partial charge in [0.15, 0.2) is 0 Å². The van der Waals surface area contributed by atoms with Crippen molar-refractivity contribution in [2.45, 2.75) is 13.3 Å². The number of nitrogens with one attached hydrogen (secondary N) is 1. The van der Waals surface area contributed by atoms with Crippen molar-refractivity contribution >= 4 is 12.7 Å². The van der Waals surface area contributed by atoms with E-state index < -0.39 is 0 Å². The zero-order chi connectivity index (χ0) is 6.83. The molecule has 0 aliphatic heterocycles. The van der Waals surface area contributed by atoms with Gasteiger partial charge in [0.05, 0.1) is 0 Å². The fraction of sp³-hybridized carbons (Fsp3) is 0.600. The maximum Gasteiger partial charge on any atom is 0 e. The minimum absolute atomic E-state index is 0. The second-order valence-corrected chi connectivity index (χ2v) is 0.850. The first-order valence-corrected chi connectivity index (χ1v) is 2.22. The molecule has 0 spiro atoms. The fourth-order valence-corrected chi connectivity index (χ4v) is 0. The molecule has 4 heteroatoms. The molecule has 0 saturated heterocycles. The van der Waals surface area contributed by atoms with Gasteiger partial charge in [-0.25, -0.2) is 0 Å². The molecule has 0 bridgehead atoms. The second kappa shape index (κ2) is 24.0. The first kappa shape index (κ1) is 16.1. The Balaban J connectivity index is -0.0000000720. The monoisotopic (exact) mass is 204 g/mol. The van der Waals surface area contributed by atoms with Gasteiger partial charge in [-0.3, -0.25) is 6.29 Å². The van der Waals surface area contributed by atoms with Crippen molar-refractivity contribution in [3.63, 3.8) is 0 Å². The first-order chi connectivity index (χ1) is 3.83. The van der Waals surface area contributed by atoms with Gasteiger partial charge in [-0.1, -0.05) is 6.92 Å². The Bertz CT molecular complexity index is 50.9. The topological polar surface area (TPSA) is 46.2 Å². The molecule has 3 nitrogen and oxygen atoms in total. The summed E-state index contributed by atoms with van der Waals surface area (Å²) in [6, 6.07) is 0. The van der Waals surface area contributed by atoms with E-state index in [1.54, 1.807) is 13.2 Å². The molecule has 1 N–H and O–H groups in total. The third-order valence-electron chi connectivity index (χ3n) is 0.246. The summed E-state index contributed by atoms with van der Waals surface area (Å²) < 4.78 is 0. The average Bonchev–Trinajstić information content (AvgIpc) is 1.88. The molecule has 9 heavy (non-hydrogen) atoms. The summed E-state index contributed by atoms with van der Waals surface area (Å²) in [6.45, 7) is 1.76. The minimum Gasteiger partial charge on any atom is -0.542 e. The van der Waals surface area contributed by atoms with Crippen molar-refractivity contribution in [2.75, 3.05) is 7.05 Å². The van der Waals surface area contributed by atoms with Crippen molar-refractivity contribution in [3.8, 4) is 0 Å². The summed E-state index contributed by atoms with van der Waals surface area (Å²) in [6.07, 6.45) is 3.62. The molecule has 0 atom stereocenters. The Kier molecular flexibility index (Phi) is 43.0. The largest absolute Gasteiger partial charge is 0.542 e. The van der Waals surface area contributed by atoms with E-state index in [4.69, 9.17) is 9.59 Å². The van der Waals surface area contributed by atoms with Crippen LogP contribution in [0.25, 0.3) is 0 Å². The summed E-state index contributed by atoms with van der Waals surface area (Å²) in [4.78, 5) is 18.0. The first-order valence-electron chi connectivity index (χ1n) is 2.22. The third-order valence-corrected chi connectivity index (χ3v) is 0.246. The van der Waals surface area contributed by atoms with E-state index >= 15 is 0 Å². The van der Waals surface area contributed by atoms with Gasteiger partial charge in [-0.15, -0.1) is 0 Å². The molecule has 0 rings (SSSR count). The van der Waals surface area contributed by atoms with Crippen LogP contribution in [0, 0.1) is 0 Å². The minimum atomic E-state index is 0. The van der Waals surface area contributed by atoms with Gasteiger partial charge in [0.25, 0.3) is 0 Å². The Morgan fingerprint density at radius 3 is 1.67 bits per heavy atom. The quantitative estimate of drug-likeness (QED) is 0.499. The summed E-state index contributed by atoms with van der Waals surface area (Å²) >= 11 is 0. The molecular weight excluding hydrogens is 195 g/mol. The van der Waals surface area contributed by atoms with E-state index in [1.165, 1.54) is 13.5 Å². The van der Waals surface area contributed by atoms with Gasteiger partial charge in [0, 0.05) is 32.7 Å². The molecule has 0 heterocycles. The molecule has 0 aliphatic carbocycles. The summed E-state index contributed by atoms with van der Waals surface area (Å²) in [7, 11) is 1.51. The van der Waals surface area contributed by atoms with E-state index in [0.29, 0.717) is 6.42 Å². The number of hydrogen-bond acceptors (Lipinski definition) is 2. The summed E-state index contributed by atoms with van der Waals surface area (Å²) in [5.74, 6) is 0. The van der Waals surface area contributed by atoms with Gasteiger partial charge in [0.1, 0.15) is 0 Å². The molecule has 0 saturated carbocycles. The molecule has 0 aromatic rings. The summed E-state index contributed by atoms with van der Waals surface area (Å²) in [5.41, 5.74) is 0. The van der Waals surface area contributed by atoms with Gasteiger partial charge in [-0.05, 0) is 7.05 Å². The van der Waals surface area contributed by atoms with Crippen molar-refractivity contribution in [2.24, 2.45) is 0 Å². The molecule has 0 aliphatic rings. The van der Waals surface area contributed by atoms with E-state index in [-0.39, 0.29) is 32.7 Å². The van der Waals surface area contributed by atoms with Crippen LogP contribution in [0.2, 0.25) is 0 Å². The Morgan fingerprint density at radius 2 is 1.67 bits per heavy atom. The number of carbonyl (C=O) groups excluding carboxylic acids is 2. The van der Waals surface area contributed by atoms with Crippen LogP contribution in [0.3, 0.4) is 0 Å². The third kappa shape index (κ3) is 63.8. The van der Waals surface area contributed by atoms with E-state index in [0.717, 1.165) is 0 Å². The van der Waals surface area contributed by atoms with Crippen molar-refractivity contribution < 1.29 is 42.3 Å². The zero-order valence-corrected chi connectivity index (χ0v) is 8.44. The van der Waals surface area contributed by atoms with Crippen LogP contribution in [-0.2, 0) is 42.3 Å². The van der Waals surface area contributed by atoms with E-state index in [9.17, 15) is 0 Å². The summed E-state index contributed by atoms with van der Waals surface area (Å²) in [5, 5.41) is 2.12. The maximum absolute atomic E-state index is 9.05. The van der Waals surface area contributed by atoms with Crippen LogP contribution in [-0.4, -0.2) is 19.7 Å². The zero-order valence-electron chi connectivity index (χ0n) is 5.60. The standard InChI is InChI=1S/C3H5O.C2H4NO.Y/c1-2-3-4;1-3-2-4;/h2H2,1H3;1H3,(H,3,4);/q2*-1;. The molecule has 1 radical (unpaired) electrons. The molecule has 0 aromatic carbocycles. The van der Waals surface area contributed by atoms with Gasteiger partial charge in [0.2, 0.25) is 0 Å². The predicted octanol–water partition coefficient (Wildman–Crippen LogP) is -0.223. The molecule has 0 unspecified atom stereocenters. The van der Waals surface area contributed by atoms with Crippen molar-refractivity contribution in [1.82, 2.24) is 5.32 Å². The van der Waals surface area contributed by atoms with Crippen LogP contribution in [0.15, 0.2) is 0 Å². The smallest absolute Gasteiger partial charge is 0 e. The normalized spacial score (nSPS) is 5.11. The Labute approximate surface area is 80.5 Å². The second-order valence-electron chi connectivity index (χ2n) is 0.850. The van der Waals surface area contributed by atoms with Crippen molar-refractivity contribution in [3.05, 3.63) is 0 Å². The Hall–Kier alpha value is 0.244. The maximum atomic E-state index is 9.05. The number of rotatable bonds is 2. The van der Waals surface area contributed by atoms with Gasteiger partial charge >= 0.3 is 0 Å².